The second-order valence-corrected chi connectivity index (χ2v) is 47.8. The number of aromatic nitrogens is 10. The van der Waals surface area contributed by atoms with Crippen molar-refractivity contribution in [2.24, 2.45) is 22.7 Å². The Hall–Kier alpha value is -4.62. The molecular formula is C98H192N10OS2. The van der Waals surface area contributed by atoms with Gasteiger partial charge in [0.15, 0.2) is 6.39 Å². The lowest BCUT2D eigenvalue weighted by Gasteiger charge is -2.39. The van der Waals surface area contributed by atoms with Gasteiger partial charge in [-0.3, -0.25) is 9.78 Å². The van der Waals surface area contributed by atoms with Crippen molar-refractivity contribution >= 4 is 22.7 Å². The third-order valence-corrected chi connectivity index (χ3v) is 20.9. The Kier molecular flexibility index (Phi) is 46.4. The van der Waals surface area contributed by atoms with Crippen molar-refractivity contribution < 1.29 is 4.42 Å². The van der Waals surface area contributed by atoms with E-state index in [1.54, 1.807) is 24.1 Å². The van der Waals surface area contributed by atoms with E-state index in [0.29, 0.717) is 10.8 Å². The summed E-state index contributed by atoms with van der Waals surface area (Å²) in [7, 11) is 0. The number of imidazole rings is 2. The number of thiophene rings is 1. The zero-order valence-electron chi connectivity index (χ0n) is 76.9. The highest BCUT2D eigenvalue weighted by Gasteiger charge is 2.42. The number of nitrogens with zero attached hydrogens (tertiary/aromatic N) is 8. The van der Waals surface area contributed by atoms with Crippen LogP contribution in [0.15, 0.2) is 65.1 Å². The van der Waals surface area contributed by atoms with Gasteiger partial charge in [0.05, 0.1) is 47.0 Å². The summed E-state index contributed by atoms with van der Waals surface area (Å²) < 4.78 is 9.79. The number of rotatable bonds is 0. The lowest BCUT2D eigenvalue weighted by atomic mass is 9.66. The second kappa shape index (κ2) is 43.0. The zero-order chi connectivity index (χ0) is 82.2. The van der Waals surface area contributed by atoms with E-state index in [2.05, 4.69) is 399 Å². The Labute approximate surface area is 701 Å². The molecule has 1 aliphatic rings. The molecule has 2 N–H and O–H groups in total. The molecule has 111 heavy (non-hydrogen) atoms. The minimum Gasteiger partial charge on any atom is -0.448 e. The van der Waals surface area contributed by atoms with Crippen LogP contribution in [-0.4, -0.2) is 49.5 Å². The van der Waals surface area contributed by atoms with Crippen LogP contribution in [0.1, 0.15) is 470 Å². The Morgan fingerprint density at radius 1 is 0.387 bits per heavy atom. The Balaban J connectivity index is -0.000000221. The molecule has 0 bridgehead atoms. The number of aromatic amines is 2. The third kappa shape index (κ3) is 38.3. The molecule has 8 rings (SSSR count). The first-order valence-electron chi connectivity index (χ1n) is 39.0. The fourth-order valence-corrected chi connectivity index (χ4v) is 15.1. The van der Waals surface area contributed by atoms with Crippen molar-refractivity contribution in [3.05, 3.63) is 127 Å². The highest BCUT2D eigenvalue weighted by Crippen LogP contribution is 2.51. The molecule has 652 valence electrons. The van der Waals surface area contributed by atoms with Gasteiger partial charge in [-0.25, -0.2) is 19.9 Å². The van der Waals surface area contributed by atoms with E-state index in [4.69, 9.17) is 4.42 Å². The van der Waals surface area contributed by atoms with Gasteiger partial charge < -0.3 is 14.0 Å². The molecule has 0 spiro atoms. The van der Waals surface area contributed by atoms with Gasteiger partial charge in [0.1, 0.15) is 5.76 Å². The molecule has 13 heteroatoms. The van der Waals surface area contributed by atoms with Gasteiger partial charge >= 0.3 is 0 Å². The number of hydrogen-bond donors (Lipinski definition) is 2. The Bertz CT molecular complexity index is 2760. The summed E-state index contributed by atoms with van der Waals surface area (Å²) in [6, 6.07) is 4.37. The van der Waals surface area contributed by atoms with Gasteiger partial charge in [-0.2, -0.15) is 10.2 Å². The van der Waals surface area contributed by atoms with E-state index in [1.807, 2.05) is 41.8 Å². The average Bonchev–Trinajstić information content (AvgIpc) is 1.73. The van der Waals surface area contributed by atoms with Crippen LogP contribution in [0.25, 0.3) is 0 Å². The molecule has 7 aromatic heterocycles. The largest absolute Gasteiger partial charge is 0.448 e. The summed E-state index contributed by atoms with van der Waals surface area (Å²) in [6.07, 6.45) is 15.4. The summed E-state index contributed by atoms with van der Waals surface area (Å²) in [5.74, 6) is 2.88. The van der Waals surface area contributed by atoms with Crippen LogP contribution in [0.3, 0.4) is 0 Å². The molecule has 0 aliphatic heterocycles. The van der Waals surface area contributed by atoms with Crippen LogP contribution in [0.2, 0.25) is 0 Å². The summed E-state index contributed by atoms with van der Waals surface area (Å²) in [4.78, 5) is 23.6. The highest BCUT2D eigenvalue weighted by molar-refractivity contribution is 7.10. The van der Waals surface area contributed by atoms with E-state index in [9.17, 15) is 0 Å². The fraction of sp³-hybridized carbons (Fsp3) is 0.776. The standard InChI is InChI=1S/C13H26.C12H20S.4C11H20N2.C11H19NO.C11H19NS.7CH4/c1-12(2,3)10-8-7-9-11(10)13(4,5)6;1-11(2,3)9-7-8-13-10(9)12(4,5)6;1-10(2,3)8-9(11(4,5)6)13-7-12-8;1-10(2,3)9-7-12-8-13(9)11(4,5)6;1-10(2,3)8-7-12-13-9(8)11(4,5)6;1-10(2,3)9-7-8-12-13(9)11(4,5)6;2*1-10(2,3)8-9(11(4,5)6)13-7-12-8;;;;;;;/h10-11H,7-9H2,1-6H3;7-8H,1-6H3;7H,1-6H3,(H,12,13);7-8H,1-6H3;7H,1-6H3,(H,12,13);7-8H,1-6H3;2*7H,1-6H3;7*1H4. The molecule has 1 saturated carbocycles. The quantitative estimate of drug-likeness (QED) is 0.155. The molecule has 7 aromatic rings. The SMILES string of the molecule is C.C.C.C.C.C.C.CC(C)(C)C1CCCC1C(C)(C)C.CC(C)(C)c1ccnn1C(C)(C)C.CC(C)(C)c1ccsc1C(C)(C)C.CC(C)(C)c1cn[nH]c1C(C)(C)C.CC(C)(C)c1cncn1C(C)(C)C.CC(C)(C)c1nc[nH]c1C(C)(C)C.CC(C)(C)c1ncoc1C(C)(C)C.CC(C)(C)c1ncsc1C(C)(C)C. The van der Waals surface area contributed by atoms with Crippen LogP contribution in [0.5, 0.6) is 0 Å². The van der Waals surface area contributed by atoms with Gasteiger partial charge in [0.2, 0.25) is 0 Å². The van der Waals surface area contributed by atoms with Crippen molar-refractivity contribution in [3.63, 3.8) is 0 Å². The topological polar surface area (TPSA) is 132 Å². The monoisotopic (exact) mass is 1590 g/mol. The molecule has 1 fully saturated rings. The van der Waals surface area contributed by atoms with Gasteiger partial charge in [-0.1, -0.05) is 349 Å². The second-order valence-electron chi connectivity index (χ2n) is 46.0. The maximum Gasteiger partial charge on any atom is 0.181 e. The van der Waals surface area contributed by atoms with Crippen LogP contribution in [0.4, 0.5) is 0 Å². The first-order chi connectivity index (χ1) is 45.8. The first kappa shape index (κ1) is 120. The summed E-state index contributed by atoms with van der Waals surface area (Å²) in [6.45, 7) is 107. The Morgan fingerprint density at radius 3 is 1.09 bits per heavy atom. The van der Waals surface area contributed by atoms with Gasteiger partial charge in [0.25, 0.3) is 0 Å². The molecule has 0 saturated heterocycles. The lowest BCUT2D eigenvalue weighted by molar-refractivity contribution is 0.0992. The van der Waals surface area contributed by atoms with E-state index < -0.39 is 0 Å². The first-order valence-corrected chi connectivity index (χ1v) is 40.7. The number of H-pyrrole nitrogens is 2. The number of thiazole rings is 1. The van der Waals surface area contributed by atoms with E-state index >= 15 is 0 Å². The molecule has 2 atom stereocenters. The number of nitrogens with one attached hydrogen (secondary N) is 2. The predicted octanol–water partition coefficient (Wildman–Crippen LogP) is 32.2. The molecule has 7 heterocycles. The predicted molar refractivity (Wildman–Crippen MR) is 506 cm³/mol. The van der Waals surface area contributed by atoms with E-state index in [-0.39, 0.29) is 128 Å². The van der Waals surface area contributed by atoms with Crippen molar-refractivity contribution in [2.75, 3.05) is 0 Å². The highest BCUT2D eigenvalue weighted by atomic mass is 32.1. The molecular weight excluding hydrogens is 1400 g/mol. The van der Waals surface area contributed by atoms with Gasteiger partial charge in [-0.05, 0) is 127 Å². The minimum absolute atomic E-state index is 0. The van der Waals surface area contributed by atoms with Crippen LogP contribution < -0.4 is 0 Å². The zero-order valence-corrected chi connectivity index (χ0v) is 78.5. The maximum atomic E-state index is 5.44. The number of oxazole rings is 1. The Morgan fingerprint density at radius 2 is 0.811 bits per heavy atom. The molecule has 0 radical (unpaired) electrons. The molecule has 0 aromatic carbocycles. The maximum absolute atomic E-state index is 5.44. The lowest BCUT2D eigenvalue weighted by Crippen LogP contribution is -2.32. The fourth-order valence-electron chi connectivity index (χ4n) is 12.8. The normalized spacial score (nSPS) is 14.6. The number of hydrogen-bond acceptors (Lipinski definition) is 9. The summed E-state index contributed by atoms with van der Waals surface area (Å²) in [5, 5.41) is 13.8. The van der Waals surface area contributed by atoms with E-state index in [1.165, 1.54) is 74.3 Å². The molecule has 2 unspecified atom stereocenters. The smallest absolute Gasteiger partial charge is 0.181 e. The molecule has 1 aliphatic carbocycles. The van der Waals surface area contributed by atoms with Gasteiger partial charge in [-0.15, -0.1) is 22.7 Å². The summed E-state index contributed by atoms with van der Waals surface area (Å²) >= 11 is 3.66. The van der Waals surface area contributed by atoms with Crippen molar-refractivity contribution in [1.29, 1.82) is 0 Å². The van der Waals surface area contributed by atoms with Gasteiger partial charge in [0, 0.05) is 93.8 Å². The van der Waals surface area contributed by atoms with Crippen LogP contribution >= 0.6 is 22.7 Å². The minimum atomic E-state index is 0. The molecule has 11 nitrogen and oxygen atoms in total. The van der Waals surface area contributed by atoms with Crippen molar-refractivity contribution in [3.8, 4) is 0 Å². The molecule has 0 amide bonds. The van der Waals surface area contributed by atoms with E-state index in [0.717, 1.165) is 23.3 Å². The third-order valence-electron chi connectivity index (χ3n) is 18.3. The van der Waals surface area contributed by atoms with Crippen molar-refractivity contribution in [2.45, 2.75) is 480 Å². The average molecular weight is 1590 g/mol. The summed E-state index contributed by atoms with van der Waals surface area (Å²) in [5.41, 5.74) is 16.6. The van der Waals surface area contributed by atoms with Crippen molar-refractivity contribution in [1.82, 2.24) is 49.5 Å². The van der Waals surface area contributed by atoms with Crippen LogP contribution in [0, 0.1) is 22.7 Å². The van der Waals surface area contributed by atoms with Crippen LogP contribution in [-0.2, 0) is 76.1 Å².